The van der Waals surface area contributed by atoms with Crippen molar-refractivity contribution in [2.24, 2.45) is 35.0 Å². The number of sulfone groups is 3. The number of fused-ring (bicyclic) bond motifs is 6. The van der Waals surface area contributed by atoms with Gasteiger partial charge in [0.1, 0.15) is 17.5 Å². The number of ether oxygens (including phenoxy) is 2. The number of halogens is 9. The third-order valence-electron chi connectivity index (χ3n) is 20.3. The van der Waals surface area contributed by atoms with Crippen molar-refractivity contribution in [2.45, 2.75) is 202 Å². The summed E-state index contributed by atoms with van der Waals surface area (Å²) in [6, 6.07) is 2.71. The molecule has 6 bridgehead atoms. The lowest BCUT2D eigenvalue weighted by atomic mass is 9.82. The van der Waals surface area contributed by atoms with Crippen LogP contribution in [0.15, 0.2) is 36.4 Å². The minimum absolute atomic E-state index is 0.00330. The first-order chi connectivity index (χ1) is 44.3. The Balaban J connectivity index is 0.000000182. The summed E-state index contributed by atoms with van der Waals surface area (Å²) in [6.45, 7) is 2.25. The van der Waals surface area contributed by atoms with Crippen LogP contribution in [-0.4, -0.2) is 173 Å². The number of nitrogens with zero attached hydrogens (tertiary/aromatic N) is 3. The molecule has 7 heterocycles. The summed E-state index contributed by atoms with van der Waals surface area (Å²) in [5.74, 6) is -10.5. The fraction of sp³-hybridized carbons (Fsp3) is 0.677. The molecule has 0 radical (unpaired) electrons. The van der Waals surface area contributed by atoms with E-state index < -0.39 is 100.0 Å². The van der Waals surface area contributed by atoms with Gasteiger partial charge in [0.05, 0.1) is 41.5 Å². The molecule has 0 aromatic heterocycles. The van der Waals surface area contributed by atoms with Crippen molar-refractivity contribution in [3.63, 3.8) is 0 Å². The monoisotopic (exact) mass is 1400 g/mol. The summed E-state index contributed by atoms with van der Waals surface area (Å²) in [5, 5.41) is 0. The van der Waals surface area contributed by atoms with Crippen LogP contribution in [0, 0.1) is 70.1 Å². The zero-order valence-electron chi connectivity index (χ0n) is 53.2. The van der Waals surface area contributed by atoms with E-state index in [2.05, 4.69) is 0 Å². The molecule has 0 saturated carbocycles. The van der Waals surface area contributed by atoms with E-state index in [9.17, 15) is 79.2 Å². The van der Waals surface area contributed by atoms with Crippen molar-refractivity contribution >= 4 is 47.2 Å². The highest BCUT2D eigenvalue weighted by Gasteiger charge is 2.48. The fourth-order valence-electron chi connectivity index (χ4n) is 15.2. The maximum atomic E-state index is 14.0. The number of nitrogens with two attached hydrogens (primary N) is 3. The Kier molecular flexibility index (Phi) is 26.0. The molecule has 6 N–H and O–H groups in total. The minimum atomic E-state index is -3.38. The smallest absolute Gasteiger partial charge is 0.224 e. The molecule has 526 valence electrons. The van der Waals surface area contributed by atoms with Crippen LogP contribution in [-0.2, 0) is 72.6 Å². The maximum absolute atomic E-state index is 14.0. The third-order valence-corrected chi connectivity index (χ3v) is 25.3. The van der Waals surface area contributed by atoms with Crippen molar-refractivity contribution in [1.82, 2.24) is 14.7 Å². The average molecular weight is 1400 g/mol. The molecule has 94 heavy (non-hydrogen) atoms. The molecule has 7 fully saturated rings. The van der Waals surface area contributed by atoms with E-state index in [4.69, 9.17) is 26.7 Å². The minimum Gasteiger partial charge on any atom is -0.384 e. The molecule has 4 unspecified atom stereocenters. The van der Waals surface area contributed by atoms with Crippen LogP contribution in [0.25, 0.3) is 0 Å². The van der Waals surface area contributed by atoms with Crippen LogP contribution in [0.3, 0.4) is 0 Å². The zero-order valence-corrected chi connectivity index (χ0v) is 55.6. The molecule has 3 amide bonds. The molecular weight excluding hydrogens is 1310 g/mol. The quantitative estimate of drug-likeness (QED) is 0.0570. The first kappa shape index (κ1) is 74.9. The summed E-state index contributed by atoms with van der Waals surface area (Å²) in [5.41, 5.74) is 19.0. The molecular formula is C65H89F9N6O11S3. The molecule has 0 aliphatic carbocycles. The normalized spacial score (nSPS) is 26.0. The lowest BCUT2D eigenvalue weighted by Gasteiger charge is -2.41. The van der Waals surface area contributed by atoms with Gasteiger partial charge in [-0.15, -0.1) is 0 Å². The van der Waals surface area contributed by atoms with E-state index >= 15 is 0 Å². The van der Waals surface area contributed by atoms with Crippen LogP contribution in [0.5, 0.6) is 0 Å². The second-order valence-corrected chi connectivity index (χ2v) is 33.7. The summed E-state index contributed by atoms with van der Waals surface area (Å²) in [4.78, 5) is 43.7. The standard InChI is InChI=1S/C24H33F3N2O4S.C21H29F3N2O4S.C20H27F3N2O3S/c25-20-13-22(27)21(26)11-15(20)12-23(28)16-9-17-4-5-18(10-16)29(17)24(30)6-8-34(31,32)14-19-3-1-2-7-33-19;1-30-5-7-31(28,29)6-4-21(27)26-15-2-3-16(26)9-14(8-15)20(25)11-13-10-18(23)19(24)12-17(13)22;1-2-29(27,28)6-5-20(26)25-14-3-4-15(25)8-13(7-14)19(24)10-12-9-17(22)18(23)11-16(12)21/h11,13,16-19,23H,1-10,12,14,28H2;10,12,14-16,20H,2-9,11,25H2,1H3;9,11,13-15,19H,2-8,10,24H2,1H3/t16?,17-,18+,19?,23-;14?,15-,16+,20-;13?,14-,15+,19-/m111/s1. The Morgan fingerprint density at radius 1 is 0.457 bits per heavy atom. The molecule has 3 aromatic rings. The number of piperidine rings is 3. The fourth-order valence-corrected chi connectivity index (χ4v) is 18.6. The molecule has 3 aromatic carbocycles. The number of rotatable bonds is 24. The molecule has 0 spiro atoms. The first-order valence-corrected chi connectivity index (χ1v) is 38.1. The van der Waals surface area contributed by atoms with Gasteiger partial charge < -0.3 is 41.4 Å². The van der Waals surface area contributed by atoms with E-state index in [1.807, 2.05) is 9.80 Å². The van der Waals surface area contributed by atoms with Crippen molar-refractivity contribution in [3.8, 4) is 0 Å². The predicted molar refractivity (Wildman–Crippen MR) is 334 cm³/mol. The Bertz CT molecular complexity index is 3460. The molecule has 7 aliphatic heterocycles. The van der Waals surface area contributed by atoms with Crippen LogP contribution in [0.1, 0.15) is 139 Å². The lowest BCUT2D eigenvalue weighted by molar-refractivity contribution is -0.137. The lowest BCUT2D eigenvalue weighted by Crippen LogP contribution is -2.50. The van der Waals surface area contributed by atoms with Crippen molar-refractivity contribution in [1.29, 1.82) is 0 Å². The van der Waals surface area contributed by atoms with Gasteiger partial charge in [-0.25, -0.2) is 64.8 Å². The van der Waals surface area contributed by atoms with Gasteiger partial charge in [-0.2, -0.15) is 0 Å². The van der Waals surface area contributed by atoms with E-state index in [-0.39, 0.29) is 174 Å². The molecule has 17 nitrogen and oxygen atoms in total. The van der Waals surface area contributed by atoms with Gasteiger partial charge in [0, 0.05) is 111 Å². The zero-order chi connectivity index (χ0) is 68.6. The predicted octanol–water partition coefficient (Wildman–Crippen LogP) is 7.88. The van der Waals surface area contributed by atoms with Gasteiger partial charge in [-0.3, -0.25) is 14.4 Å². The van der Waals surface area contributed by atoms with Crippen LogP contribution >= 0.6 is 0 Å². The van der Waals surface area contributed by atoms with Gasteiger partial charge in [-0.05, 0) is 168 Å². The van der Waals surface area contributed by atoms with Gasteiger partial charge in [0.15, 0.2) is 64.4 Å². The van der Waals surface area contributed by atoms with E-state index in [1.165, 1.54) is 7.11 Å². The number of carbonyl (C=O) groups excluding carboxylic acids is 3. The Morgan fingerprint density at radius 3 is 1.06 bits per heavy atom. The van der Waals surface area contributed by atoms with Crippen LogP contribution < -0.4 is 17.2 Å². The molecule has 10 rings (SSSR count). The highest BCUT2D eigenvalue weighted by molar-refractivity contribution is 7.91. The second kappa shape index (κ2) is 32.6. The Hall–Kier alpha value is -4.91. The number of methoxy groups -OCH3 is 1. The molecule has 13 atom stereocenters. The van der Waals surface area contributed by atoms with Crippen molar-refractivity contribution in [2.75, 3.05) is 54.8 Å². The number of hydrogen-bond acceptors (Lipinski definition) is 14. The van der Waals surface area contributed by atoms with E-state index in [1.54, 1.807) is 11.8 Å². The highest BCUT2D eigenvalue weighted by atomic mass is 32.2. The maximum Gasteiger partial charge on any atom is 0.224 e. The second-order valence-electron chi connectivity index (χ2n) is 26.7. The van der Waals surface area contributed by atoms with E-state index in [0.29, 0.717) is 63.3 Å². The first-order valence-electron chi connectivity index (χ1n) is 32.7. The number of hydrogen-bond donors (Lipinski definition) is 3. The molecule has 7 saturated heterocycles. The van der Waals surface area contributed by atoms with Gasteiger partial charge in [-0.1, -0.05) is 6.92 Å². The largest absolute Gasteiger partial charge is 0.384 e. The third kappa shape index (κ3) is 19.7. The van der Waals surface area contributed by atoms with Crippen molar-refractivity contribution in [3.05, 3.63) is 105 Å². The van der Waals surface area contributed by atoms with Crippen LogP contribution in [0.2, 0.25) is 0 Å². The highest BCUT2D eigenvalue weighted by Crippen LogP contribution is 2.44. The SMILES string of the molecule is CCS(=O)(=O)CCC(=O)N1[C@@H]2CC[C@H]1CC([C@H](N)Cc1cc(F)c(F)cc1F)C2.COCCS(=O)(=O)CCC(=O)N1[C@@H]2CC[C@H]1CC([C@H](N)Cc1cc(F)c(F)cc1F)C2.N[C@H](Cc1cc(F)c(F)cc1F)C1C[C@H]2CC[C@@H](C1)N2C(=O)CCS(=O)(=O)CC1CCCCO1. The summed E-state index contributed by atoms with van der Waals surface area (Å²) >= 11 is 0. The molecule has 29 heteroatoms. The summed E-state index contributed by atoms with van der Waals surface area (Å²) < 4.78 is 205. The summed E-state index contributed by atoms with van der Waals surface area (Å²) in [6.07, 6.45) is 11.3. The van der Waals surface area contributed by atoms with E-state index in [0.717, 1.165) is 76.0 Å². The number of benzene rings is 3. The molecule has 7 aliphatic rings. The summed E-state index contributed by atoms with van der Waals surface area (Å²) in [7, 11) is -8.50. The van der Waals surface area contributed by atoms with Gasteiger partial charge in [0.2, 0.25) is 17.7 Å². The number of carbonyl (C=O) groups is 3. The van der Waals surface area contributed by atoms with Gasteiger partial charge in [0.25, 0.3) is 0 Å². The topological polar surface area (TPSA) is 260 Å². The Morgan fingerprint density at radius 2 is 0.766 bits per heavy atom. The van der Waals surface area contributed by atoms with Crippen molar-refractivity contribution < 1.29 is 88.6 Å². The van der Waals surface area contributed by atoms with Gasteiger partial charge >= 0.3 is 0 Å². The Labute approximate surface area is 545 Å². The number of amides is 3. The average Bonchev–Trinajstić information content (AvgIpc) is 1.62. The van der Waals surface area contributed by atoms with Crippen LogP contribution in [0.4, 0.5) is 39.5 Å².